The number of phenols is 1. The second-order valence-corrected chi connectivity index (χ2v) is 10.9. The van der Waals surface area contributed by atoms with Gasteiger partial charge in [0.05, 0.1) is 24.9 Å². The fraction of sp³-hybridized carbons (Fsp3) is 0.412. The van der Waals surface area contributed by atoms with E-state index >= 15 is 0 Å². The first-order chi connectivity index (χ1) is 20.1. The molecule has 3 aromatic carbocycles. The Morgan fingerprint density at radius 1 is 1.00 bits per heavy atom. The van der Waals surface area contributed by atoms with Crippen molar-refractivity contribution < 1.29 is 36.9 Å². The maximum absolute atomic E-state index is 14.5. The summed E-state index contributed by atoms with van der Waals surface area (Å²) >= 11 is 0. The Hall–Kier alpha value is -3.72. The van der Waals surface area contributed by atoms with Gasteiger partial charge in [0.25, 0.3) is 0 Å². The zero-order valence-corrected chi connectivity index (χ0v) is 23.7. The lowest BCUT2D eigenvalue weighted by atomic mass is 9.86. The fourth-order valence-electron chi connectivity index (χ4n) is 5.63. The van der Waals surface area contributed by atoms with E-state index in [0.717, 1.165) is 25.6 Å². The molecule has 0 radical (unpaired) electrons. The summed E-state index contributed by atoms with van der Waals surface area (Å²) in [6.07, 6.45) is -3.35. The highest BCUT2D eigenvalue weighted by Crippen LogP contribution is 2.46. The van der Waals surface area contributed by atoms with Crippen molar-refractivity contribution in [2.24, 2.45) is 0 Å². The molecule has 0 aromatic heterocycles. The first-order valence-corrected chi connectivity index (χ1v) is 14.3. The molecule has 9 heteroatoms. The van der Waals surface area contributed by atoms with Gasteiger partial charge in [0.2, 0.25) is 0 Å². The molecule has 0 bridgehead atoms. The summed E-state index contributed by atoms with van der Waals surface area (Å²) in [7, 11) is 0. The number of benzene rings is 3. The topological polar surface area (TPSA) is 51.2 Å². The van der Waals surface area contributed by atoms with Crippen molar-refractivity contribution in [1.82, 2.24) is 4.90 Å². The van der Waals surface area contributed by atoms with Gasteiger partial charge in [0, 0.05) is 37.7 Å². The maximum atomic E-state index is 14.5. The monoisotopic (exact) mass is 601 g/mol. The van der Waals surface area contributed by atoms with Crippen molar-refractivity contribution in [2.45, 2.75) is 58.9 Å². The van der Waals surface area contributed by atoms with Gasteiger partial charge in [-0.1, -0.05) is 25.6 Å². The van der Waals surface area contributed by atoms with Crippen molar-refractivity contribution in [2.75, 3.05) is 32.9 Å². The Labute approximate surface area is 250 Å². The third-order valence-electron chi connectivity index (χ3n) is 7.42. The largest absolute Gasteiger partial charge is 0.508 e. The minimum Gasteiger partial charge on any atom is -0.508 e. The van der Waals surface area contributed by atoms with Gasteiger partial charge < -0.3 is 19.3 Å². The summed E-state index contributed by atoms with van der Waals surface area (Å²) in [6.45, 7) is 5.61. The number of rotatable bonds is 9. The van der Waals surface area contributed by atoms with Gasteiger partial charge in [-0.2, -0.15) is 13.2 Å². The van der Waals surface area contributed by atoms with E-state index in [1.807, 2.05) is 24.3 Å². The molecule has 0 amide bonds. The van der Waals surface area contributed by atoms with Gasteiger partial charge in [0.15, 0.2) is 0 Å². The molecule has 2 heterocycles. The Kier molecular flexibility index (Phi) is 10.3. The Balaban J connectivity index is 0.00000423. The number of phenolic OH excluding ortho intramolecular Hbond substituents is 1. The summed E-state index contributed by atoms with van der Waals surface area (Å²) in [4.78, 5) is 2.18. The summed E-state index contributed by atoms with van der Waals surface area (Å²) in [5.41, 5.74) is 1.63. The molecule has 0 saturated carbocycles. The van der Waals surface area contributed by atoms with E-state index in [2.05, 4.69) is 4.90 Å². The van der Waals surface area contributed by atoms with Gasteiger partial charge >= 0.3 is 6.18 Å². The second-order valence-electron chi connectivity index (χ2n) is 10.9. The number of hydrogen-bond acceptors (Lipinski definition) is 5. The number of hydrogen-bond donors (Lipinski definition) is 1. The Bertz CT molecular complexity index is 1420. The fourth-order valence-corrected chi connectivity index (χ4v) is 5.63. The summed E-state index contributed by atoms with van der Waals surface area (Å²) in [6, 6.07) is 16.1. The molecular weight excluding hydrogens is 562 g/mol. The zero-order valence-electron chi connectivity index (χ0n) is 23.7. The van der Waals surface area contributed by atoms with Crippen LogP contribution in [0, 0.1) is 0 Å². The van der Waals surface area contributed by atoms with Crippen molar-refractivity contribution in [3.63, 3.8) is 0 Å². The first-order valence-electron chi connectivity index (χ1n) is 14.3. The van der Waals surface area contributed by atoms with Crippen LogP contribution in [0.5, 0.6) is 23.0 Å². The van der Waals surface area contributed by atoms with Crippen LogP contribution < -0.4 is 14.2 Å². The molecule has 0 aliphatic carbocycles. The maximum Gasteiger partial charge on any atom is 0.417 e. The molecule has 5 rings (SSSR count). The molecule has 2 aliphatic rings. The molecule has 232 valence electrons. The van der Waals surface area contributed by atoms with Crippen LogP contribution in [0.1, 0.15) is 62.8 Å². The van der Waals surface area contributed by atoms with E-state index in [-0.39, 0.29) is 56.4 Å². The van der Waals surface area contributed by atoms with Crippen LogP contribution >= 0.6 is 0 Å². The van der Waals surface area contributed by atoms with Crippen LogP contribution in [0.3, 0.4) is 0 Å². The lowest BCUT2D eigenvalue weighted by Crippen LogP contribution is -2.26. The number of alkyl halides is 4. The van der Waals surface area contributed by atoms with Crippen LogP contribution in [0.25, 0.3) is 11.1 Å². The quantitative estimate of drug-likeness (QED) is 0.250. The molecule has 1 N–H and O–H groups in total. The van der Waals surface area contributed by atoms with Crippen LogP contribution in [0.2, 0.25) is 0 Å². The number of fused-ring (bicyclic) bond motifs is 1. The van der Waals surface area contributed by atoms with Gasteiger partial charge in [-0.3, -0.25) is 9.29 Å². The molecular formula is C34H39F4NO4. The van der Waals surface area contributed by atoms with Crippen molar-refractivity contribution in [3.05, 3.63) is 82.9 Å². The molecule has 1 saturated heterocycles. The highest BCUT2D eigenvalue weighted by atomic mass is 19.4. The molecule has 1 fully saturated rings. The van der Waals surface area contributed by atoms with Crippen molar-refractivity contribution in [1.29, 1.82) is 0 Å². The van der Waals surface area contributed by atoms with E-state index in [1.165, 1.54) is 18.2 Å². The highest BCUT2D eigenvalue weighted by Gasteiger charge is 2.36. The highest BCUT2D eigenvalue weighted by molar-refractivity contribution is 6.01. The van der Waals surface area contributed by atoms with E-state index in [1.54, 1.807) is 26.0 Å². The standard InChI is InChI=1S/C33H35F4NO4.CH4/c1-21(2)41-25-9-11-27(30(19-25)33(35,36)37)28-13-17-40-31-18-23(39)6-10-29(31)32(28)22-4-7-24(8-5-22)42-26-12-16-38(20-26)15-3-14-34;/h4-11,18-19,21,26,39H,3,12-17,20H2,1-2H3;1H4/t26-;/m0./s1. The van der Waals surface area contributed by atoms with Gasteiger partial charge in [-0.25, -0.2) is 0 Å². The van der Waals surface area contributed by atoms with E-state index in [9.17, 15) is 22.7 Å². The van der Waals surface area contributed by atoms with Gasteiger partial charge in [-0.15, -0.1) is 0 Å². The van der Waals surface area contributed by atoms with Crippen LogP contribution in [-0.4, -0.2) is 55.1 Å². The Morgan fingerprint density at radius 3 is 2.42 bits per heavy atom. The van der Waals surface area contributed by atoms with Crippen molar-refractivity contribution in [3.8, 4) is 23.0 Å². The zero-order chi connectivity index (χ0) is 29.9. The summed E-state index contributed by atoms with van der Waals surface area (Å²) < 4.78 is 73.6. The first kappa shape index (κ1) is 32.2. The average molecular weight is 602 g/mol. The number of halogens is 4. The van der Waals surface area contributed by atoms with E-state index in [0.29, 0.717) is 46.7 Å². The van der Waals surface area contributed by atoms with Gasteiger partial charge in [0.1, 0.15) is 29.1 Å². The van der Waals surface area contributed by atoms with Gasteiger partial charge in [-0.05, 0) is 85.4 Å². The number of ether oxygens (including phenoxy) is 3. The molecule has 2 aliphatic heterocycles. The Morgan fingerprint density at radius 2 is 1.72 bits per heavy atom. The molecule has 0 spiro atoms. The van der Waals surface area contributed by atoms with Crippen LogP contribution in [-0.2, 0) is 6.18 Å². The SMILES string of the molecule is C.CC(C)Oc1ccc(C2=C(c3ccc(O[C@H]4CCN(CCCF)C4)cc3)c3ccc(O)cc3OCC2)c(C(F)(F)F)c1. The number of aromatic hydroxyl groups is 1. The molecule has 0 unspecified atom stereocenters. The summed E-state index contributed by atoms with van der Waals surface area (Å²) in [5, 5.41) is 10.1. The third-order valence-corrected chi connectivity index (χ3v) is 7.42. The predicted molar refractivity (Wildman–Crippen MR) is 161 cm³/mol. The van der Waals surface area contributed by atoms with Crippen molar-refractivity contribution >= 4 is 11.1 Å². The molecule has 5 nitrogen and oxygen atoms in total. The minimum atomic E-state index is -4.62. The molecule has 43 heavy (non-hydrogen) atoms. The van der Waals surface area contributed by atoms with E-state index in [4.69, 9.17) is 14.2 Å². The normalized spacial score (nSPS) is 17.2. The lowest BCUT2D eigenvalue weighted by Gasteiger charge is -2.21. The lowest BCUT2D eigenvalue weighted by molar-refractivity contribution is -0.137. The third kappa shape index (κ3) is 7.63. The molecule has 3 aromatic rings. The number of likely N-dealkylation sites (tertiary alicyclic amines) is 1. The minimum absolute atomic E-state index is 0. The predicted octanol–water partition coefficient (Wildman–Crippen LogP) is 8.39. The summed E-state index contributed by atoms with van der Waals surface area (Å²) in [5.74, 6) is 1.20. The molecule has 1 atom stereocenters. The van der Waals surface area contributed by atoms with E-state index < -0.39 is 11.7 Å². The van der Waals surface area contributed by atoms with Crippen LogP contribution in [0.15, 0.2) is 60.7 Å². The number of nitrogens with zero attached hydrogens (tertiary/aromatic N) is 1. The smallest absolute Gasteiger partial charge is 0.417 e. The van der Waals surface area contributed by atoms with Crippen LogP contribution in [0.4, 0.5) is 17.6 Å². The average Bonchev–Trinajstić information content (AvgIpc) is 3.30. The second kappa shape index (κ2) is 13.7.